The highest BCUT2D eigenvalue weighted by molar-refractivity contribution is 5.85. The van der Waals surface area contributed by atoms with Gasteiger partial charge in [-0.2, -0.15) is 0 Å². The van der Waals surface area contributed by atoms with E-state index in [1.807, 2.05) is 32.0 Å². The van der Waals surface area contributed by atoms with Crippen LogP contribution >= 0.6 is 0 Å². The molecule has 2 N–H and O–H groups in total. The van der Waals surface area contributed by atoms with Crippen LogP contribution in [-0.4, -0.2) is 22.0 Å². The van der Waals surface area contributed by atoms with Crippen LogP contribution in [0, 0.1) is 11.8 Å². The molecule has 0 aliphatic heterocycles. The van der Waals surface area contributed by atoms with Crippen LogP contribution in [0.5, 0.6) is 0 Å². The molecule has 1 heterocycles. The summed E-state index contributed by atoms with van der Waals surface area (Å²) < 4.78 is 0. The molecule has 0 radical (unpaired) electrons. The molecule has 0 aromatic carbocycles. The van der Waals surface area contributed by atoms with Crippen LogP contribution in [0.2, 0.25) is 0 Å². The maximum absolute atomic E-state index is 12.3. The zero-order valence-electron chi connectivity index (χ0n) is 12.3. The van der Waals surface area contributed by atoms with Crippen LogP contribution in [0.4, 0.5) is 0 Å². The van der Waals surface area contributed by atoms with E-state index in [9.17, 15) is 14.7 Å². The molecule has 0 fully saturated rings. The van der Waals surface area contributed by atoms with Gasteiger partial charge < -0.3 is 10.4 Å². The van der Waals surface area contributed by atoms with Gasteiger partial charge in [-0.25, -0.2) is 0 Å². The zero-order valence-corrected chi connectivity index (χ0v) is 12.3. The van der Waals surface area contributed by atoms with Gasteiger partial charge in [0.15, 0.2) is 0 Å². The van der Waals surface area contributed by atoms with Crippen molar-refractivity contribution >= 4 is 11.9 Å². The molecule has 1 amide bonds. The number of carboxylic acids is 1. The summed E-state index contributed by atoms with van der Waals surface area (Å²) in [6.45, 7) is 4.23. The van der Waals surface area contributed by atoms with Crippen LogP contribution < -0.4 is 5.32 Å². The number of rotatable bonds is 4. The first-order valence-electron chi connectivity index (χ1n) is 7.04. The van der Waals surface area contributed by atoms with E-state index in [-0.39, 0.29) is 5.91 Å². The zero-order chi connectivity index (χ0) is 15.4. The molecule has 21 heavy (non-hydrogen) atoms. The first-order valence-corrected chi connectivity index (χ1v) is 7.04. The van der Waals surface area contributed by atoms with Crippen molar-refractivity contribution in [2.45, 2.75) is 33.2 Å². The maximum Gasteiger partial charge on any atom is 0.307 e. The third kappa shape index (κ3) is 3.68. The number of hydrogen-bond acceptors (Lipinski definition) is 3. The Balaban J connectivity index is 2.04. The van der Waals surface area contributed by atoms with Gasteiger partial charge in [-0.05, 0) is 38.8 Å². The van der Waals surface area contributed by atoms with Gasteiger partial charge in [-0.1, -0.05) is 17.2 Å². The highest BCUT2D eigenvalue weighted by atomic mass is 16.4. The Bertz CT molecular complexity index is 566. The number of nitrogens with one attached hydrogen (secondary N) is 1. The van der Waals surface area contributed by atoms with Gasteiger partial charge in [0.05, 0.1) is 24.1 Å². The van der Waals surface area contributed by atoms with Crippen LogP contribution in [0.3, 0.4) is 0 Å². The Kier molecular flexibility index (Phi) is 4.73. The summed E-state index contributed by atoms with van der Waals surface area (Å²) >= 11 is 0. The highest BCUT2D eigenvalue weighted by Crippen LogP contribution is 2.34. The van der Waals surface area contributed by atoms with E-state index in [0.29, 0.717) is 19.4 Å². The summed E-state index contributed by atoms with van der Waals surface area (Å²) in [4.78, 5) is 27.8. The minimum atomic E-state index is -0.903. The topological polar surface area (TPSA) is 79.3 Å². The lowest BCUT2D eigenvalue weighted by Crippen LogP contribution is -2.39. The molecule has 1 aliphatic rings. The first kappa shape index (κ1) is 15.2. The molecule has 1 aromatic rings. The number of amides is 1. The molecule has 2 rings (SSSR count). The predicted molar refractivity (Wildman–Crippen MR) is 78.3 cm³/mol. The van der Waals surface area contributed by atoms with Gasteiger partial charge in [-0.3, -0.25) is 14.6 Å². The molecule has 5 heteroatoms. The van der Waals surface area contributed by atoms with E-state index in [2.05, 4.69) is 10.3 Å². The normalized spacial score (nSPS) is 22.0. The molecule has 0 unspecified atom stereocenters. The van der Waals surface area contributed by atoms with E-state index in [1.165, 1.54) is 0 Å². The van der Waals surface area contributed by atoms with Crippen molar-refractivity contribution in [1.29, 1.82) is 0 Å². The molecular formula is C16H20N2O3. The number of carbonyl (C=O) groups is 2. The van der Waals surface area contributed by atoms with Crippen LogP contribution in [0.25, 0.3) is 0 Å². The Morgan fingerprint density at radius 3 is 2.48 bits per heavy atom. The lowest BCUT2D eigenvalue weighted by atomic mass is 9.76. The molecule has 1 aromatic heterocycles. The number of aliphatic carboxylic acids is 1. The van der Waals surface area contributed by atoms with E-state index >= 15 is 0 Å². The average molecular weight is 288 g/mol. The molecule has 0 saturated carbocycles. The molecule has 0 spiro atoms. The standard InChI is InChI=1S/C16H20N2O3/c1-10-7-13(14(16(20)21)8-11(10)2)15(19)18-9-12-5-3-4-6-17-12/h3-6,13-14H,7-9H2,1-2H3,(H,18,19)(H,20,21)/t13-,14+/m0/s1. The van der Waals surface area contributed by atoms with Crippen molar-refractivity contribution < 1.29 is 14.7 Å². The van der Waals surface area contributed by atoms with Crippen molar-refractivity contribution in [2.75, 3.05) is 0 Å². The fourth-order valence-corrected chi connectivity index (χ4v) is 2.64. The number of carbonyl (C=O) groups excluding carboxylic acids is 1. The molecule has 1 aliphatic carbocycles. The molecule has 0 saturated heterocycles. The summed E-state index contributed by atoms with van der Waals surface area (Å²) in [5.74, 6) is -2.26. The van der Waals surface area contributed by atoms with E-state index < -0.39 is 17.8 Å². The second kappa shape index (κ2) is 6.52. The average Bonchev–Trinajstić information content (AvgIpc) is 2.48. The van der Waals surface area contributed by atoms with Crippen molar-refractivity contribution in [3.05, 3.63) is 41.2 Å². The van der Waals surface area contributed by atoms with E-state index in [1.54, 1.807) is 6.20 Å². The van der Waals surface area contributed by atoms with Crippen molar-refractivity contribution in [2.24, 2.45) is 11.8 Å². The third-order valence-corrected chi connectivity index (χ3v) is 4.09. The van der Waals surface area contributed by atoms with Crippen molar-refractivity contribution in [3.63, 3.8) is 0 Å². The van der Waals surface area contributed by atoms with Gasteiger partial charge in [0.25, 0.3) is 0 Å². The number of hydrogen-bond donors (Lipinski definition) is 2. The molecule has 2 atom stereocenters. The third-order valence-electron chi connectivity index (χ3n) is 4.09. The summed E-state index contributed by atoms with van der Waals surface area (Å²) in [5.41, 5.74) is 2.96. The largest absolute Gasteiger partial charge is 0.481 e. The van der Waals surface area contributed by atoms with Gasteiger partial charge in [0.2, 0.25) is 5.91 Å². The quantitative estimate of drug-likeness (QED) is 0.832. The second-order valence-corrected chi connectivity index (χ2v) is 5.56. The monoisotopic (exact) mass is 288 g/mol. The molecular weight excluding hydrogens is 268 g/mol. The number of allylic oxidation sites excluding steroid dienone is 2. The predicted octanol–water partition coefficient (Wildman–Crippen LogP) is 2.15. The Labute approximate surface area is 124 Å². The van der Waals surface area contributed by atoms with Crippen molar-refractivity contribution in [3.8, 4) is 0 Å². The summed E-state index contributed by atoms with van der Waals surface area (Å²) in [6.07, 6.45) is 2.62. The SMILES string of the molecule is CC1=C(C)C[C@@H](C(=O)O)[C@@H](C(=O)NCc2ccccn2)C1. The van der Waals surface area contributed by atoms with E-state index in [0.717, 1.165) is 16.8 Å². The lowest BCUT2D eigenvalue weighted by Gasteiger charge is -2.29. The number of nitrogens with zero attached hydrogens (tertiary/aromatic N) is 1. The second-order valence-electron chi connectivity index (χ2n) is 5.56. The Hall–Kier alpha value is -2.17. The first-order chi connectivity index (χ1) is 9.99. The smallest absolute Gasteiger partial charge is 0.307 e. The fourth-order valence-electron chi connectivity index (χ4n) is 2.64. The number of pyridine rings is 1. The Morgan fingerprint density at radius 1 is 1.24 bits per heavy atom. The summed E-state index contributed by atoms with van der Waals surface area (Å²) in [7, 11) is 0. The molecule has 0 bridgehead atoms. The van der Waals surface area contributed by atoms with Crippen LogP contribution in [0.15, 0.2) is 35.5 Å². The van der Waals surface area contributed by atoms with Crippen molar-refractivity contribution in [1.82, 2.24) is 10.3 Å². The minimum absolute atomic E-state index is 0.208. The summed E-state index contributed by atoms with van der Waals surface area (Å²) in [6, 6.07) is 5.49. The summed E-state index contributed by atoms with van der Waals surface area (Å²) in [5, 5.41) is 12.1. The maximum atomic E-state index is 12.3. The lowest BCUT2D eigenvalue weighted by molar-refractivity contribution is -0.147. The van der Waals surface area contributed by atoms with Gasteiger partial charge in [0.1, 0.15) is 0 Å². The minimum Gasteiger partial charge on any atom is -0.481 e. The van der Waals surface area contributed by atoms with Crippen LogP contribution in [-0.2, 0) is 16.1 Å². The van der Waals surface area contributed by atoms with Gasteiger partial charge in [-0.15, -0.1) is 0 Å². The molecule has 112 valence electrons. The van der Waals surface area contributed by atoms with Gasteiger partial charge in [0, 0.05) is 6.20 Å². The number of aromatic nitrogens is 1. The molecule has 5 nitrogen and oxygen atoms in total. The Morgan fingerprint density at radius 2 is 1.90 bits per heavy atom. The van der Waals surface area contributed by atoms with Gasteiger partial charge >= 0.3 is 5.97 Å². The number of carboxylic acid groups (broad SMARTS) is 1. The highest BCUT2D eigenvalue weighted by Gasteiger charge is 2.37. The van der Waals surface area contributed by atoms with Crippen LogP contribution in [0.1, 0.15) is 32.4 Å². The van der Waals surface area contributed by atoms with E-state index in [4.69, 9.17) is 0 Å². The fraction of sp³-hybridized carbons (Fsp3) is 0.438.